The Morgan fingerprint density at radius 2 is 1.56 bits per heavy atom. The minimum atomic E-state index is -0.882. The van der Waals surface area contributed by atoms with Crippen molar-refractivity contribution in [2.45, 2.75) is 20.8 Å². The van der Waals surface area contributed by atoms with Crippen molar-refractivity contribution < 1.29 is 19.1 Å². The zero-order valence-corrected chi connectivity index (χ0v) is 19.2. The van der Waals surface area contributed by atoms with Gasteiger partial charge in [-0.25, -0.2) is 5.43 Å². The van der Waals surface area contributed by atoms with Crippen molar-refractivity contribution in [1.29, 1.82) is 0 Å². The van der Waals surface area contributed by atoms with Gasteiger partial charge in [0.1, 0.15) is 5.75 Å². The molecule has 0 heterocycles. The molecule has 0 atom stereocenters. The molecule has 3 N–H and O–H groups in total. The Kier molecular flexibility index (Phi) is 8.12. The number of rotatable bonds is 7. The third kappa shape index (κ3) is 7.30. The predicted molar refractivity (Wildman–Crippen MR) is 132 cm³/mol. The van der Waals surface area contributed by atoms with E-state index >= 15 is 0 Å². The van der Waals surface area contributed by atoms with Gasteiger partial charge in [0.2, 0.25) is 0 Å². The number of carbonyl (C=O) groups excluding carboxylic acids is 3. The van der Waals surface area contributed by atoms with Crippen molar-refractivity contribution in [3.05, 3.63) is 89.0 Å². The fraction of sp³-hybridized carbons (Fsp3) is 0.154. The minimum Gasteiger partial charge on any atom is -0.484 e. The molecule has 0 spiro atoms. The number of aryl methyl sites for hydroxylation is 3. The van der Waals surface area contributed by atoms with E-state index in [0.29, 0.717) is 17.0 Å². The molecule has 34 heavy (non-hydrogen) atoms. The second-order valence-electron chi connectivity index (χ2n) is 7.73. The van der Waals surface area contributed by atoms with Crippen molar-refractivity contribution in [1.82, 2.24) is 5.43 Å². The van der Waals surface area contributed by atoms with Crippen LogP contribution in [0.5, 0.6) is 5.75 Å². The standard InChI is InChI=1S/C26H26N4O4/c1-17-5-4-6-21(13-17)29-25(32)26(33)30-27-15-20-8-11-23(12-9-20)34-16-24(31)28-22-10-7-18(2)19(3)14-22/h4-15H,16H2,1-3H3,(H,28,31)(H,29,32)(H,30,33)/b27-15-. The zero-order valence-electron chi connectivity index (χ0n) is 19.2. The van der Waals surface area contributed by atoms with Crippen LogP contribution in [0.25, 0.3) is 0 Å². The summed E-state index contributed by atoms with van der Waals surface area (Å²) in [6.45, 7) is 5.75. The molecule has 0 saturated carbocycles. The fourth-order valence-electron chi connectivity index (χ4n) is 2.94. The number of nitrogens with one attached hydrogen (secondary N) is 3. The fourth-order valence-corrected chi connectivity index (χ4v) is 2.94. The van der Waals surface area contributed by atoms with E-state index in [2.05, 4.69) is 21.2 Å². The van der Waals surface area contributed by atoms with Gasteiger partial charge in [-0.2, -0.15) is 5.10 Å². The Morgan fingerprint density at radius 1 is 0.824 bits per heavy atom. The number of benzene rings is 3. The highest BCUT2D eigenvalue weighted by atomic mass is 16.5. The first-order valence-electron chi connectivity index (χ1n) is 10.6. The first-order chi connectivity index (χ1) is 16.3. The predicted octanol–water partition coefficient (Wildman–Crippen LogP) is 3.72. The van der Waals surface area contributed by atoms with Gasteiger partial charge in [0.05, 0.1) is 6.21 Å². The zero-order chi connectivity index (χ0) is 24.5. The van der Waals surface area contributed by atoms with Crippen LogP contribution in [0.3, 0.4) is 0 Å². The molecule has 8 heteroatoms. The van der Waals surface area contributed by atoms with Crippen LogP contribution in [0.4, 0.5) is 11.4 Å². The number of hydrogen-bond donors (Lipinski definition) is 3. The molecule has 8 nitrogen and oxygen atoms in total. The smallest absolute Gasteiger partial charge is 0.329 e. The highest BCUT2D eigenvalue weighted by Gasteiger charge is 2.12. The van der Waals surface area contributed by atoms with Crippen LogP contribution >= 0.6 is 0 Å². The van der Waals surface area contributed by atoms with Crippen molar-refractivity contribution in [2.75, 3.05) is 17.2 Å². The van der Waals surface area contributed by atoms with E-state index in [9.17, 15) is 14.4 Å². The van der Waals surface area contributed by atoms with Crippen LogP contribution in [0, 0.1) is 20.8 Å². The van der Waals surface area contributed by atoms with E-state index < -0.39 is 11.8 Å². The van der Waals surface area contributed by atoms with Gasteiger partial charge >= 0.3 is 11.8 Å². The number of hydrogen-bond acceptors (Lipinski definition) is 5. The number of carbonyl (C=O) groups is 3. The lowest BCUT2D eigenvalue weighted by molar-refractivity contribution is -0.136. The molecule has 3 aromatic carbocycles. The van der Waals surface area contributed by atoms with Gasteiger partial charge in [-0.1, -0.05) is 18.2 Å². The molecule has 0 bridgehead atoms. The van der Waals surface area contributed by atoms with Gasteiger partial charge in [-0.05, 0) is 91.6 Å². The lowest BCUT2D eigenvalue weighted by Crippen LogP contribution is -2.32. The number of anilines is 2. The van der Waals surface area contributed by atoms with E-state index in [0.717, 1.165) is 22.4 Å². The van der Waals surface area contributed by atoms with Crippen LogP contribution in [0.1, 0.15) is 22.3 Å². The lowest BCUT2D eigenvalue weighted by Gasteiger charge is -2.09. The Hall–Kier alpha value is -4.46. The number of hydrazone groups is 1. The van der Waals surface area contributed by atoms with Gasteiger partial charge in [0.25, 0.3) is 5.91 Å². The number of nitrogens with zero attached hydrogens (tertiary/aromatic N) is 1. The topological polar surface area (TPSA) is 109 Å². The Labute approximate surface area is 198 Å². The van der Waals surface area contributed by atoms with Gasteiger partial charge in [-0.3, -0.25) is 14.4 Å². The summed E-state index contributed by atoms with van der Waals surface area (Å²) >= 11 is 0. The summed E-state index contributed by atoms with van der Waals surface area (Å²) in [5.41, 5.74) is 7.32. The maximum Gasteiger partial charge on any atom is 0.329 e. The van der Waals surface area contributed by atoms with Crippen LogP contribution in [-0.4, -0.2) is 30.5 Å². The van der Waals surface area contributed by atoms with E-state index in [-0.39, 0.29) is 12.5 Å². The molecule has 0 saturated heterocycles. The van der Waals surface area contributed by atoms with E-state index in [1.54, 1.807) is 42.5 Å². The van der Waals surface area contributed by atoms with Crippen molar-refractivity contribution in [3.63, 3.8) is 0 Å². The Bertz CT molecular complexity index is 1220. The normalized spacial score (nSPS) is 10.6. The monoisotopic (exact) mass is 458 g/mol. The molecule has 0 radical (unpaired) electrons. The van der Waals surface area contributed by atoms with E-state index in [1.165, 1.54) is 6.21 Å². The molecule has 0 aromatic heterocycles. The third-order valence-electron chi connectivity index (χ3n) is 4.90. The molecular formula is C26H26N4O4. The Morgan fingerprint density at radius 3 is 2.26 bits per heavy atom. The maximum absolute atomic E-state index is 12.1. The van der Waals surface area contributed by atoms with Crippen LogP contribution in [-0.2, 0) is 14.4 Å². The first-order valence-corrected chi connectivity index (χ1v) is 10.6. The highest BCUT2D eigenvalue weighted by Crippen LogP contribution is 2.15. The molecule has 174 valence electrons. The number of ether oxygens (including phenoxy) is 1. The molecule has 3 amide bonds. The highest BCUT2D eigenvalue weighted by molar-refractivity contribution is 6.39. The van der Waals surface area contributed by atoms with E-state index in [4.69, 9.17) is 4.74 Å². The third-order valence-corrected chi connectivity index (χ3v) is 4.90. The molecule has 0 aliphatic heterocycles. The first kappa shape index (κ1) is 24.2. The largest absolute Gasteiger partial charge is 0.484 e. The average molecular weight is 459 g/mol. The second-order valence-corrected chi connectivity index (χ2v) is 7.73. The molecule has 0 fully saturated rings. The van der Waals surface area contributed by atoms with Crippen LogP contribution in [0.15, 0.2) is 71.8 Å². The van der Waals surface area contributed by atoms with Crippen LogP contribution < -0.4 is 20.8 Å². The lowest BCUT2D eigenvalue weighted by atomic mass is 10.1. The second kappa shape index (κ2) is 11.4. The summed E-state index contributed by atoms with van der Waals surface area (Å²) in [5.74, 6) is -1.45. The van der Waals surface area contributed by atoms with Crippen LogP contribution in [0.2, 0.25) is 0 Å². The summed E-state index contributed by atoms with van der Waals surface area (Å²) in [5, 5.41) is 9.10. The van der Waals surface area contributed by atoms with Crippen molar-refractivity contribution in [3.8, 4) is 5.75 Å². The molecule has 3 aromatic rings. The van der Waals surface area contributed by atoms with Crippen molar-refractivity contribution >= 4 is 35.3 Å². The van der Waals surface area contributed by atoms with Crippen molar-refractivity contribution in [2.24, 2.45) is 5.10 Å². The SMILES string of the molecule is Cc1cccc(NC(=O)C(=O)N/N=C\c2ccc(OCC(=O)Nc3ccc(C)c(C)c3)cc2)c1. The van der Waals surface area contributed by atoms with Gasteiger partial charge in [-0.15, -0.1) is 0 Å². The molecular weight excluding hydrogens is 432 g/mol. The summed E-state index contributed by atoms with van der Waals surface area (Å²) < 4.78 is 5.51. The van der Waals surface area contributed by atoms with E-state index in [1.807, 2.05) is 45.0 Å². The molecule has 3 rings (SSSR count). The minimum absolute atomic E-state index is 0.132. The molecule has 0 unspecified atom stereocenters. The summed E-state index contributed by atoms with van der Waals surface area (Å²) in [6.07, 6.45) is 1.40. The molecule has 0 aliphatic rings. The summed E-state index contributed by atoms with van der Waals surface area (Å²) in [4.78, 5) is 35.9. The van der Waals surface area contributed by atoms with Gasteiger partial charge in [0.15, 0.2) is 6.61 Å². The quantitative estimate of drug-likeness (QED) is 0.285. The maximum atomic E-state index is 12.1. The summed E-state index contributed by atoms with van der Waals surface area (Å²) in [6, 6.07) is 19.6. The Balaban J connectivity index is 1.43. The van der Waals surface area contributed by atoms with Gasteiger partial charge < -0.3 is 15.4 Å². The number of amides is 3. The van der Waals surface area contributed by atoms with Gasteiger partial charge in [0, 0.05) is 11.4 Å². The summed E-state index contributed by atoms with van der Waals surface area (Å²) in [7, 11) is 0. The average Bonchev–Trinajstić information content (AvgIpc) is 2.81. The molecule has 0 aliphatic carbocycles.